The third-order valence-electron chi connectivity index (χ3n) is 5.41. The van der Waals surface area contributed by atoms with Gasteiger partial charge in [-0.25, -0.2) is 0 Å². The van der Waals surface area contributed by atoms with E-state index in [9.17, 15) is 14.4 Å². The number of carbonyl (C=O) groups is 3. The van der Waals surface area contributed by atoms with Gasteiger partial charge in [-0.15, -0.1) is 0 Å². The van der Waals surface area contributed by atoms with Crippen LogP contribution in [0.5, 0.6) is 0 Å². The summed E-state index contributed by atoms with van der Waals surface area (Å²) in [5.74, 6) is -0.551. The zero-order chi connectivity index (χ0) is 20.7. The first-order valence-corrected chi connectivity index (χ1v) is 9.67. The number of aromatic nitrogens is 1. The van der Waals surface area contributed by atoms with Crippen LogP contribution in [-0.4, -0.2) is 34.2 Å². The Balaban J connectivity index is 1.46. The number of anilines is 2. The number of pyridine rings is 1. The first kappa shape index (κ1) is 18.1. The van der Waals surface area contributed by atoms with Crippen molar-refractivity contribution in [1.29, 1.82) is 0 Å². The minimum absolute atomic E-state index is 0.101. The highest BCUT2D eigenvalue weighted by Gasteiger charge is 2.47. The van der Waals surface area contributed by atoms with E-state index in [1.807, 2.05) is 24.3 Å². The van der Waals surface area contributed by atoms with Crippen molar-refractivity contribution in [3.63, 3.8) is 0 Å². The van der Waals surface area contributed by atoms with E-state index < -0.39 is 6.17 Å². The quantitative estimate of drug-likeness (QED) is 0.732. The minimum Gasteiger partial charge on any atom is -0.325 e. The number of para-hydroxylation sites is 1. The Kier molecular flexibility index (Phi) is 4.28. The summed E-state index contributed by atoms with van der Waals surface area (Å²) < 4.78 is 0. The van der Waals surface area contributed by atoms with Crippen molar-refractivity contribution in [1.82, 2.24) is 9.88 Å². The molecule has 7 nitrogen and oxygen atoms in total. The van der Waals surface area contributed by atoms with Crippen LogP contribution in [0.1, 0.15) is 38.9 Å². The first-order valence-electron chi connectivity index (χ1n) is 9.67. The largest absolute Gasteiger partial charge is 0.325 e. The molecule has 30 heavy (non-hydrogen) atoms. The second kappa shape index (κ2) is 7.11. The lowest BCUT2D eigenvalue weighted by Gasteiger charge is -2.40. The summed E-state index contributed by atoms with van der Waals surface area (Å²) in [6, 6.07) is 17.9. The smallest absolute Gasteiger partial charge is 0.260 e. The summed E-state index contributed by atoms with van der Waals surface area (Å²) in [4.78, 5) is 46.1. The molecule has 0 saturated heterocycles. The molecule has 7 heteroatoms. The number of amides is 3. The SMILES string of the molecule is O=C(CCN1C(=O)c2ccccc2N2C(=O)c3ccccc3[C@H]12)Nc1cccnc1. The molecule has 2 aliphatic heterocycles. The predicted octanol–water partition coefficient (Wildman–Crippen LogP) is 3.23. The van der Waals surface area contributed by atoms with E-state index in [0.717, 1.165) is 5.56 Å². The zero-order valence-corrected chi connectivity index (χ0v) is 16.0. The number of benzene rings is 2. The second-order valence-corrected chi connectivity index (χ2v) is 7.19. The van der Waals surface area contributed by atoms with Gasteiger partial charge in [-0.05, 0) is 30.3 Å². The van der Waals surface area contributed by atoms with Gasteiger partial charge in [-0.3, -0.25) is 24.3 Å². The van der Waals surface area contributed by atoms with E-state index in [1.54, 1.807) is 58.6 Å². The number of rotatable bonds is 4. The van der Waals surface area contributed by atoms with Crippen molar-refractivity contribution in [3.05, 3.63) is 89.7 Å². The summed E-state index contributed by atoms with van der Waals surface area (Å²) >= 11 is 0. The average molecular weight is 398 g/mol. The van der Waals surface area contributed by atoms with Crippen LogP contribution in [0.25, 0.3) is 0 Å². The molecule has 3 amide bonds. The summed E-state index contributed by atoms with van der Waals surface area (Å²) in [5.41, 5.74) is 3.02. The third kappa shape index (κ3) is 2.83. The molecule has 0 bridgehead atoms. The fraction of sp³-hybridized carbons (Fsp3) is 0.130. The van der Waals surface area contributed by atoms with Crippen LogP contribution in [0.3, 0.4) is 0 Å². The molecule has 3 aromatic rings. The van der Waals surface area contributed by atoms with Gasteiger partial charge in [0, 0.05) is 30.3 Å². The van der Waals surface area contributed by atoms with Crippen LogP contribution >= 0.6 is 0 Å². The minimum atomic E-state index is -0.553. The van der Waals surface area contributed by atoms with Crippen molar-refractivity contribution in [2.45, 2.75) is 12.6 Å². The molecular weight excluding hydrogens is 380 g/mol. The summed E-state index contributed by atoms with van der Waals surface area (Å²) in [7, 11) is 0. The Labute approximate surface area is 172 Å². The van der Waals surface area contributed by atoms with Gasteiger partial charge in [0.05, 0.1) is 23.1 Å². The van der Waals surface area contributed by atoms with Crippen LogP contribution in [0.2, 0.25) is 0 Å². The molecule has 0 aliphatic carbocycles. The zero-order valence-electron chi connectivity index (χ0n) is 16.0. The number of carbonyl (C=O) groups excluding carboxylic acids is 3. The van der Waals surface area contributed by atoms with Crippen LogP contribution in [-0.2, 0) is 4.79 Å². The molecule has 1 aromatic heterocycles. The normalized spacial score (nSPS) is 16.7. The van der Waals surface area contributed by atoms with Gasteiger partial charge in [-0.2, -0.15) is 0 Å². The number of nitrogens with one attached hydrogen (secondary N) is 1. The van der Waals surface area contributed by atoms with Crippen molar-refractivity contribution in [2.75, 3.05) is 16.8 Å². The highest BCUT2D eigenvalue weighted by Crippen LogP contribution is 2.45. The van der Waals surface area contributed by atoms with E-state index in [2.05, 4.69) is 10.3 Å². The molecule has 0 radical (unpaired) electrons. The van der Waals surface area contributed by atoms with Gasteiger partial charge >= 0.3 is 0 Å². The Bertz CT molecular complexity index is 1160. The van der Waals surface area contributed by atoms with Gasteiger partial charge in [0.2, 0.25) is 5.91 Å². The fourth-order valence-electron chi connectivity index (χ4n) is 4.08. The lowest BCUT2D eigenvalue weighted by Crippen LogP contribution is -2.48. The standard InChI is InChI=1S/C23H18N4O3/c28-20(25-15-6-5-12-24-14-15)11-13-26-21-16-7-1-2-8-17(16)23(30)27(21)19-10-4-3-9-18(19)22(26)29/h1-10,12,14,21H,11,13H2,(H,25,28)/t21-/m1/s1. The van der Waals surface area contributed by atoms with Crippen molar-refractivity contribution in [3.8, 4) is 0 Å². The summed E-state index contributed by atoms with van der Waals surface area (Å²) in [5, 5.41) is 2.78. The van der Waals surface area contributed by atoms with Gasteiger partial charge in [0.25, 0.3) is 11.8 Å². The van der Waals surface area contributed by atoms with E-state index in [1.165, 1.54) is 0 Å². The van der Waals surface area contributed by atoms with E-state index in [0.29, 0.717) is 22.5 Å². The maximum absolute atomic E-state index is 13.3. The molecule has 0 spiro atoms. The van der Waals surface area contributed by atoms with Crippen LogP contribution < -0.4 is 10.2 Å². The van der Waals surface area contributed by atoms with Gasteiger partial charge in [-0.1, -0.05) is 30.3 Å². The molecule has 0 unspecified atom stereocenters. The topological polar surface area (TPSA) is 82.6 Å². The van der Waals surface area contributed by atoms with Gasteiger partial charge < -0.3 is 10.2 Å². The lowest BCUT2D eigenvalue weighted by atomic mass is 10.0. The number of hydrogen-bond donors (Lipinski definition) is 1. The molecule has 0 saturated carbocycles. The van der Waals surface area contributed by atoms with Crippen LogP contribution in [0.4, 0.5) is 11.4 Å². The van der Waals surface area contributed by atoms with Crippen molar-refractivity contribution in [2.24, 2.45) is 0 Å². The molecule has 5 rings (SSSR count). The monoisotopic (exact) mass is 398 g/mol. The van der Waals surface area contributed by atoms with E-state index in [-0.39, 0.29) is 30.7 Å². The Hall–Kier alpha value is -4.00. The number of fused-ring (bicyclic) bond motifs is 5. The number of hydrogen-bond acceptors (Lipinski definition) is 4. The summed E-state index contributed by atoms with van der Waals surface area (Å²) in [6.45, 7) is 0.183. The molecule has 148 valence electrons. The fourth-order valence-corrected chi connectivity index (χ4v) is 4.08. The van der Waals surface area contributed by atoms with Crippen LogP contribution in [0.15, 0.2) is 73.1 Å². The molecule has 2 aromatic carbocycles. The molecular formula is C23H18N4O3. The Morgan fingerprint density at radius 2 is 1.70 bits per heavy atom. The molecule has 1 atom stereocenters. The predicted molar refractivity (Wildman–Crippen MR) is 111 cm³/mol. The first-order chi connectivity index (χ1) is 14.6. The van der Waals surface area contributed by atoms with E-state index in [4.69, 9.17) is 0 Å². The molecule has 3 heterocycles. The maximum atomic E-state index is 13.3. The van der Waals surface area contributed by atoms with Crippen molar-refractivity contribution >= 4 is 29.1 Å². The third-order valence-corrected chi connectivity index (χ3v) is 5.41. The van der Waals surface area contributed by atoms with E-state index >= 15 is 0 Å². The average Bonchev–Trinajstić information content (AvgIpc) is 3.07. The number of nitrogens with zero attached hydrogens (tertiary/aromatic N) is 3. The summed E-state index contributed by atoms with van der Waals surface area (Å²) in [6.07, 6.45) is 2.74. The van der Waals surface area contributed by atoms with Gasteiger partial charge in [0.1, 0.15) is 6.17 Å². The lowest BCUT2D eigenvalue weighted by molar-refractivity contribution is -0.116. The maximum Gasteiger partial charge on any atom is 0.260 e. The second-order valence-electron chi connectivity index (χ2n) is 7.19. The molecule has 2 aliphatic rings. The van der Waals surface area contributed by atoms with Gasteiger partial charge in [0.15, 0.2) is 0 Å². The highest BCUT2D eigenvalue weighted by molar-refractivity contribution is 6.16. The highest BCUT2D eigenvalue weighted by atomic mass is 16.2. The molecule has 1 N–H and O–H groups in total. The van der Waals surface area contributed by atoms with Crippen LogP contribution in [0, 0.1) is 0 Å². The molecule has 0 fully saturated rings. The Morgan fingerprint density at radius 1 is 0.933 bits per heavy atom. The Morgan fingerprint density at radius 3 is 2.50 bits per heavy atom. The van der Waals surface area contributed by atoms with Crippen molar-refractivity contribution < 1.29 is 14.4 Å².